The zero-order valence-electron chi connectivity index (χ0n) is 14.1. The Morgan fingerprint density at radius 3 is 2.50 bits per heavy atom. The molecule has 0 spiro atoms. The number of hydrogen-bond donors (Lipinski definition) is 3. The number of hydrogen-bond acceptors (Lipinski definition) is 2. The number of rotatable bonds is 8. The largest absolute Gasteiger partial charge is 0.508 e. The minimum Gasteiger partial charge on any atom is -0.508 e. The van der Waals surface area contributed by atoms with E-state index < -0.39 is 0 Å². The lowest BCUT2D eigenvalue weighted by Crippen LogP contribution is -2.38. The first kappa shape index (κ1) is 20.3. The number of aryl methyl sites for hydroxylation is 1. The summed E-state index contributed by atoms with van der Waals surface area (Å²) in [5, 5.41) is 15.9. The fourth-order valence-corrected chi connectivity index (χ4v) is 2.30. The van der Waals surface area contributed by atoms with E-state index in [-0.39, 0.29) is 24.0 Å². The summed E-state index contributed by atoms with van der Waals surface area (Å²) in [6.45, 7) is 5.47. The van der Waals surface area contributed by atoms with Crippen LogP contribution in [0, 0.1) is 0 Å². The van der Waals surface area contributed by atoms with Crippen LogP contribution in [0.25, 0.3) is 0 Å². The highest BCUT2D eigenvalue weighted by molar-refractivity contribution is 14.0. The van der Waals surface area contributed by atoms with E-state index in [0.29, 0.717) is 5.75 Å². The SMILES string of the molecule is CCNC(=NCCCc1ccc(O)cc1)NCCn1cccc1.I. The van der Waals surface area contributed by atoms with Crippen LogP contribution in [0.5, 0.6) is 5.75 Å². The van der Waals surface area contributed by atoms with Gasteiger partial charge in [-0.25, -0.2) is 0 Å². The van der Waals surface area contributed by atoms with Gasteiger partial charge in [-0.2, -0.15) is 0 Å². The number of aromatic nitrogens is 1. The Bertz CT molecular complexity index is 582. The normalized spacial score (nSPS) is 11.0. The molecule has 0 bridgehead atoms. The van der Waals surface area contributed by atoms with Crippen molar-refractivity contribution in [2.75, 3.05) is 19.6 Å². The quantitative estimate of drug-likeness (QED) is 0.255. The summed E-state index contributed by atoms with van der Waals surface area (Å²) < 4.78 is 2.14. The van der Waals surface area contributed by atoms with Crippen molar-refractivity contribution in [1.82, 2.24) is 15.2 Å². The average Bonchev–Trinajstić information content (AvgIpc) is 3.06. The molecule has 0 atom stereocenters. The van der Waals surface area contributed by atoms with E-state index in [1.165, 1.54) is 5.56 Å². The highest BCUT2D eigenvalue weighted by Crippen LogP contribution is 2.10. The summed E-state index contributed by atoms with van der Waals surface area (Å²) in [6, 6.07) is 11.4. The molecule has 132 valence electrons. The lowest BCUT2D eigenvalue weighted by molar-refractivity contribution is 0.475. The second kappa shape index (κ2) is 11.8. The summed E-state index contributed by atoms with van der Waals surface area (Å²) in [7, 11) is 0. The Hall–Kier alpha value is -1.70. The molecule has 0 aliphatic carbocycles. The highest BCUT2D eigenvalue weighted by atomic mass is 127. The predicted octanol–water partition coefficient (Wildman–Crippen LogP) is 3.00. The van der Waals surface area contributed by atoms with Crippen molar-refractivity contribution >= 4 is 29.9 Å². The first-order valence-corrected chi connectivity index (χ1v) is 8.19. The zero-order valence-corrected chi connectivity index (χ0v) is 16.4. The average molecular weight is 442 g/mol. The van der Waals surface area contributed by atoms with Gasteiger partial charge in [-0.3, -0.25) is 4.99 Å². The molecule has 2 rings (SSSR count). The van der Waals surface area contributed by atoms with E-state index in [4.69, 9.17) is 0 Å². The van der Waals surface area contributed by atoms with Crippen LogP contribution < -0.4 is 10.6 Å². The van der Waals surface area contributed by atoms with Crippen LogP contribution in [0.3, 0.4) is 0 Å². The third-order valence-electron chi connectivity index (χ3n) is 3.50. The number of halogens is 1. The Kier molecular flexibility index (Phi) is 9.98. The number of aromatic hydroxyl groups is 1. The Morgan fingerprint density at radius 2 is 1.83 bits per heavy atom. The molecule has 0 unspecified atom stereocenters. The molecule has 1 heterocycles. The smallest absolute Gasteiger partial charge is 0.191 e. The molecule has 0 radical (unpaired) electrons. The van der Waals surface area contributed by atoms with E-state index in [0.717, 1.165) is 45.0 Å². The van der Waals surface area contributed by atoms with E-state index in [1.807, 2.05) is 24.3 Å². The molecule has 2 aromatic rings. The Balaban J connectivity index is 0.00000288. The fourth-order valence-electron chi connectivity index (χ4n) is 2.30. The predicted molar refractivity (Wildman–Crippen MR) is 110 cm³/mol. The molecule has 0 fully saturated rings. The van der Waals surface area contributed by atoms with Gasteiger partial charge < -0.3 is 20.3 Å². The minimum atomic E-state index is 0. The number of nitrogens with zero attached hydrogens (tertiary/aromatic N) is 2. The Labute approximate surface area is 161 Å². The van der Waals surface area contributed by atoms with Crippen molar-refractivity contribution in [1.29, 1.82) is 0 Å². The van der Waals surface area contributed by atoms with Crippen LogP contribution in [-0.4, -0.2) is 35.3 Å². The molecule has 24 heavy (non-hydrogen) atoms. The van der Waals surface area contributed by atoms with E-state index in [2.05, 4.69) is 39.5 Å². The van der Waals surface area contributed by atoms with Gasteiger partial charge in [0, 0.05) is 38.6 Å². The van der Waals surface area contributed by atoms with E-state index >= 15 is 0 Å². The number of guanidine groups is 1. The maximum atomic E-state index is 9.27. The molecule has 6 heteroatoms. The van der Waals surface area contributed by atoms with Gasteiger partial charge in [-0.1, -0.05) is 12.1 Å². The highest BCUT2D eigenvalue weighted by Gasteiger charge is 1.98. The topological polar surface area (TPSA) is 61.6 Å². The van der Waals surface area contributed by atoms with Crippen molar-refractivity contribution in [3.8, 4) is 5.75 Å². The van der Waals surface area contributed by atoms with E-state index in [1.54, 1.807) is 12.1 Å². The summed E-state index contributed by atoms with van der Waals surface area (Å²) >= 11 is 0. The van der Waals surface area contributed by atoms with Gasteiger partial charge in [0.05, 0.1) is 0 Å². The number of phenolic OH excluding ortho intramolecular Hbond substituents is 1. The van der Waals surface area contributed by atoms with Gasteiger partial charge in [0.2, 0.25) is 0 Å². The molecule has 0 saturated carbocycles. The molecule has 0 aliphatic heterocycles. The van der Waals surface area contributed by atoms with Crippen LogP contribution in [-0.2, 0) is 13.0 Å². The van der Waals surface area contributed by atoms with Crippen molar-refractivity contribution in [2.45, 2.75) is 26.3 Å². The standard InChI is InChI=1S/C18H26N4O.HI/c1-2-19-18(21-12-15-22-13-3-4-14-22)20-11-5-6-16-7-9-17(23)10-8-16;/h3-4,7-10,13-14,23H,2,5-6,11-12,15H2,1H3,(H2,19,20,21);1H. The molecule has 0 saturated heterocycles. The van der Waals surface area contributed by atoms with Crippen molar-refractivity contribution < 1.29 is 5.11 Å². The molecular weight excluding hydrogens is 415 g/mol. The first-order valence-electron chi connectivity index (χ1n) is 8.19. The molecule has 0 amide bonds. The summed E-state index contributed by atoms with van der Waals surface area (Å²) in [6.07, 6.45) is 6.07. The van der Waals surface area contributed by atoms with Crippen LogP contribution >= 0.6 is 24.0 Å². The monoisotopic (exact) mass is 442 g/mol. The number of aliphatic imine (C=N–C) groups is 1. The molecule has 0 aliphatic rings. The summed E-state index contributed by atoms with van der Waals surface area (Å²) in [5.41, 5.74) is 1.23. The zero-order chi connectivity index (χ0) is 16.3. The van der Waals surface area contributed by atoms with Gasteiger partial charge in [0.1, 0.15) is 5.75 Å². The Morgan fingerprint density at radius 1 is 1.12 bits per heavy atom. The van der Waals surface area contributed by atoms with Gasteiger partial charge >= 0.3 is 0 Å². The second-order valence-electron chi connectivity index (χ2n) is 5.38. The van der Waals surface area contributed by atoms with Gasteiger partial charge in [-0.05, 0) is 49.6 Å². The molecule has 3 N–H and O–H groups in total. The van der Waals surface area contributed by atoms with Gasteiger partial charge in [-0.15, -0.1) is 24.0 Å². The maximum absolute atomic E-state index is 9.27. The van der Waals surface area contributed by atoms with Crippen molar-refractivity contribution in [3.05, 3.63) is 54.4 Å². The third kappa shape index (κ3) is 7.72. The van der Waals surface area contributed by atoms with Crippen LogP contribution in [0.4, 0.5) is 0 Å². The summed E-state index contributed by atoms with van der Waals surface area (Å²) in [4.78, 5) is 4.60. The lowest BCUT2D eigenvalue weighted by Gasteiger charge is -2.11. The van der Waals surface area contributed by atoms with Gasteiger partial charge in [0.15, 0.2) is 5.96 Å². The minimum absolute atomic E-state index is 0. The number of nitrogens with one attached hydrogen (secondary N) is 2. The van der Waals surface area contributed by atoms with E-state index in [9.17, 15) is 5.11 Å². The third-order valence-corrected chi connectivity index (χ3v) is 3.50. The molecule has 5 nitrogen and oxygen atoms in total. The van der Waals surface area contributed by atoms with Gasteiger partial charge in [0.25, 0.3) is 0 Å². The first-order chi connectivity index (χ1) is 11.3. The summed E-state index contributed by atoms with van der Waals surface area (Å²) in [5.74, 6) is 1.18. The second-order valence-corrected chi connectivity index (χ2v) is 5.38. The maximum Gasteiger partial charge on any atom is 0.191 e. The van der Waals surface area contributed by atoms with Crippen LogP contribution in [0.15, 0.2) is 53.8 Å². The number of benzene rings is 1. The molecule has 1 aromatic carbocycles. The fraction of sp³-hybridized carbons (Fsp3) is 0.389. The van der Waals surface area contributed by atoms with Crippen molar-refractivity contribution in [3.63, 3.8) is 0 Å². The lowest BCUT2D eigenvalue weighted by atomic mass is 10.1. The van der Waals surface area contributed by atoms with Crippen LogP contribution in [0.2, 0.25) is 0 Å². The molecular formula is C18H27IN4O. The molecule has 1 aromatic heterocycles. The van der Waals surface area contributed by atoms with Crippen molar-refractivity contribution in [2.24, 2.45) is 4.99 Å². The number of phenols is 1. The van der Waals surface area contributed by atoms with Crippen LogP contribution in [0.1, 0.15) is 18.9 Å².